The summed E-state index contributed by atoms with van der Waals surface area (Å²) in [6.45, 7) is 14.1. The number of nitrogens with zero attached hydrogens (tertiary/aromatic N) is 2. The maximum Gasteiger partial charge on any atom is 0.129 e. The number of hydrogen-bond donors (Lipinski definition) is 1. The highest BCUT2D eigenvalue weighted by molar-refractivity contribution is 5.44. The van der Waals surface area contributed by atoms with Crippen LogP contribution >= 0.6 is 0 Å². The van der Waals surface area contributed by atoms with Crippen molar-refractivity contribution in [1.29, 1.82) is 0 Å². The SMILES string of the molecule is CCCCN(CC)c1cc(CNC)cc(C(C)(C)C)n1. The number of unbranched alkanes of at least 4 members (excludes halogenated alkanes) is 1. The fourth-order valence-corrected chi connectivity index (χ4v) is 2.21. The Hall–Kier alpha value is -1.09. The van der Waals surface area contributed by atoms with Crippen molar-refractivity contribution in [1.82, 2.24) is 10.3 Å². The Balaban J connectivity index is 3.12. The molecule has 0 atom stereocenters. The molecule has 20 heavy (non-hydrogen) atoms. The first-order valence-electron chi connectivity index (χ1n) is 7.83. The van der Waals surface area contributed by atoms with E-state index < -0.39 is 0 Å². The normalized spacial score (nSPS) is 11.7. The van der Waals surface area contributed by atoms with E-state index in [-0.39, 0.29) is 5.41 Å². The number of anilines is 1. The van der Waals surface area contributed by atoms with Gasteiger partial charge in [-0.05, 0) is 38.1 Å². The quantitative estimate of drug-likeness (QED) is 0.823. The van der Waals surface area contributed by atoms with Gasteiger partial charge in [0.05, 0.1) is 0 Å². The van der Waals surface area contributed by atoms with Crippen LogP contribution in [0, 0.1) is 0 Å². The van der Waals surface area contributed by atoms with Gasteiger partial charge in [0.1, 0.15) is 5.82 Å². The van der Waals surface area contributed by atoms with E-state index >= 15 is 0 Å². The van der Waals surface area contributed by atoms with Gasteiger partial charge in [0.15, 0.2) is 0 Å². The summed E-state index contributed by atoms with van der Waals surface area (Å²) in [5, 5.41) is 3.24. The monoisotopic (exact) mass is 277 g/mol. The highest BCUT2D eigenvalue weighted by atomic mass is 15.2. The molecule has 0 spiro atoms. The van der Waals surface area contributed by atoms with Gasteiger partial charge in [-0.25, -0.2) is 4.98 Å². The molecule has 1 heterocycles. The van der Waals surface area contributed by atoms with Crippen molar-refractivity contribution in [3.63, 3.8) is 0 Å². The van der Waals surface area contributed by atoms with Crippen LogP contribution in [0.2, 0.25) is 0 Å². The van der Waals surface area contributed by atoms with Gasteiger partial charge in [-0.2, -0.15) is 0 Å². The zero-order valence-corrected chi connectivity index (χ0v) is 14.1. The molecule has 0 radical (unpaired) electrons. The Labute approximate surface area is 124 Å². The average molecular weight is 277 g/mol. The highest BCUT2D eigenvalue weighted by Crippen LogP contribution is 2.25. The lowest BCUT2D eigenvalue weighted by Gasteiger charge is -2.26. The Morgan fingerprint density at radius 2 is 1.90 bits per heavy atom. The minimum atomic E-state index is 0.0860. The number of aromatic nitrogens is 1. The van der Waals surface area contributed by atoms with E-state index in [1.807, 2.05) is 7.05 Å². The minimum Gasteiger partial charge on any atom is -0.357 e. The van der Waals surface area contributed by atoms with Crippen LogP contribution in [-0.4, -0.2) is 25.1 Å². The lowest BCUT2D eigenvalue weighted by atomic mass is 9.90. The molecule has 1 aromatic rings. The number of pyridine rings is 1. The lowest BCUT2D eigenvalue weighted by Crippen LogP contribution is -2.27. The van der Waals surface area contributed by atoms with Crippen molar-refractivity contribution in [3.8, 4) is 0 Å². The molecule has 0 aromatic carbocycles. The molecule has 1 aromatic heterocycles. The zero-order valence-electron chi connectivity index (χ0n) is 14.1. The molecule has 0 aliphatic carbocycles. The van der Waals surface area contributed by atoms with E-state index in [4.69, 9.17) is 4.98 Å². The standard InChI is InChI=1S/C17H31N3/c1-7-9-10-20(8-2)16-12-14(13-18-6)11-15(19-16)17(3,4)5/h11-12,18H,7-10,13H2,1-6H3. The average Bonchev–Trinajstić information content (AvgIpc) is 2.39. The van der Waals surface area contributed by atoms with Crippen LogP contribution < -0.4 is 10.2 Å². The highest BCUT2D eigenvalue weighted by Gasteiger charge is 2.18. The second-order valence-corrected chi connectivity index (χ2v) is 6.43. The summed E-state index contributed by atoms with van der Waals surface area (Å²) in [5.41, 5.74) is 2.58. The minimum absolute atomic E-state index is 0.0860. The molecular weight excluding hydrogens is 246 g/mol. The molecule has 0 aliphatic heterocycles. The third kappa shape index (κ3) is 4.78. The molecule has 0 fully saturated rings. The molecule has 0 bridgehead atoms. The van der Waals surface area contributed by atoms with Gasteiger partial charge in [0.2, 0.25) is 0 Å². The van der Waals surface area contributed by atoms with Gasteiger partial charge in [-0.3, -0.25) is 0 Å². The van der Waals surface area contributed by atoms with Crippen LogP contribution in [0.5, 0.6) is 0 Å². The molecule has 3 heteroatoms. The lowest BCUT2D eigenvalue weighted by molar-refractivity contribution is 0.565. The van der Waals surface area contributed by atoms with Gasteiger partial charge >= 0.3 is 0 Å². The Kier molecular flexibility index (Phi) is 6.47. The summed E-state index contributed by atoms with van der Waals surface area (Å²) < 4.78 is 0. The van der Waals surface area contributed by atoms with Crippen LogP contribution in [0.3, 0.4) is 0 Å². The fraction of sp³-hybridized carbons (Fsp3) is 0.706. The van der Waals surface area contributed by atoms with E-state index in [1.165, 1.54) is 24.1 Å². The van der Waals surface area contributed by atoms with Crippen molar-refractivity contribution >= 4 is 5.82 Å². The van der Waals surface area contributed by atoms with E-state index in [0.717, 1.165) is 25.5 Å². The topological polar surface area (TPSA) is 28.2 Å². The smallest absolute Gasteiger partial charge is 0.129 e. The number of rotatable bonds is 7. The van der Waals surface area contributed by atoms with Gasteiger partial charge in [-0.1, -0.05) is 34.1 Å². The van der Waals surface area contributed by atoms with Crippen molar-refractivity contribution in [2.24, 2.45) is 0 Å². The number of nitrogens with one attached hydrogen (secondary N) is 1. The predicted molar refractivity (Wildman–Crippen MR) is 88.5 cm³/mol. The van der Waals surface area contributed by atoms with Gasteiger partial charge < -0.3 is 10.2 Å². The van der Waals surface area contributed by atoms with Crippen molar-refractivity contribution in [2.75, 3.05) is 25.0 Å². The summed E-state index contributed by atoms with van der Waals surface area (Å²) in [7, 11) is 1.99. The van der Waals surface area contributed by atoms with Crippen LogP contribution in [0.15, 0.2) is 12.1 Å². The van der Waals surface area contributed by atoms with E-state index in [2.05, 4.69) is 57.0 Å². The molecule has 1 rings (SSSR count). The summed E-state index contributed by atoms with van der Waals surface area (Å²) in [6, 6.07) is 4.46. The third-order valence-corrected chi connectivity index (χ3v) is 3.51. The Morgan fingerprint density at radius 3 is 2.40 bits per heavy atom. The molecule has 0 unspecified atom stereocenters. The number of hydrogen-bond acceptors (Lipinski definition) is 3. The first-order chi connectivity index (χ1) is 9.42. The predicted octanol–water partition coefficient (Wildman–Crippen LogP) is 3.72. The fourth-order valence-electron chi connectivity index (χ4n) is 2.21. The summed E-state index contributed by atoms with van der Waals surface area (Å²) in [5.74, 6) is 1.12. The molecular formula is C17H31N3. The zero-order chi connectivity index (χ0) is 15.2. The van der Waals surface area contributed by atoms with Crippen LogP contribution in [-0.2, 0) is 12.0 Å². The van der Waals surface area contributed by atoms with Crippen molar-refractivity contribution < 1.29 is 0 Å². The summed E-state index contributed by atoms with van der Waals surface area (Å²) >= 11 is 0. The summed E-state index contributed by atoms with van der Waals surface area (Å²) in [6.07, 6.45) is 2.44. The van der Waals surface area contributed by atoms with Gasteiger partial charge in [0.25, 0.3) is 0 Å². The van der Waals surface area contributed by atoms with E-state index in [1.54, 1.807) is 0 Å². The molecule has 0 saturated carbocycles. The second kappa shape index (κ2) is 7.63. The Morgan fingerprint density at radius 1 is 1.20 bits per heavy atom. The Bertz CT molecular complexity index is 407. The molecule has 0 aliphatic rings. The molecule has 0 amide bonds. The maximum absolute atomic E-state index is 4.91. The molecule has 3 nitrogen and oxygen atoms in total. The van der Waals surface area contributed by atoms with Gasteiger partial charge in [0, 0.05) is 30.7 Å². The van der Waals surface area contributed by atoms with Crippen LogP contribution in [0.4, 0.5) is 5.82 Å². The summed E-state index contributed by atoms with van der Waals surface area (Å²) in [4.78, 5) is 7.30. The molecule has 1 N–H and O–H groups in total. The van der Waals surface area contributed by atoms with Crippen molar-refractivity contribution in [2.45, 2.75) is 59.4 Å². The van der Waals surface area contributed by atoms with Crippen molar-refractivity contribution in [3.05, 3.63) is 23.4 Å². The van der Waals surface area contributed by atoms with Gasteiger partial charge in [-0.15, -0.1) is 0 Å². The van der Waals surface area contributed by atoms with E-state index in [0.29, 0.717) is 0 Å². The van der Waals surface area contributed by atoms with Crippen LogP contribution in [0.25, 0.3) is 0 Å². The molecule has 114 valence electrons. The third-order valence-electron chi connectivity index (χ3n) is 3.51. The maximum atomic E-state index is 4.91. The first-order valence-corrected chi connectivity index (χ1v) is 7.83. The second-order valence-electron chi connectivity index (χ2n) is 6.43. The van der Waals surface area contributed by atoms with E-state index in [9.17, 15) is 0 Å². The largest absolute Gasteiger partial charge is 0.357 e. The first kappa shape index (κ1) is 17.0. The molecule has 0 saturated heterocycles. The van der Waals surface area contributed by atoms with Crippen LogP contribution in [0.1, 0.15) is 58.7 Å².